The predicted molar refractivity (Wildman–Crippen MR) is 66.6 cm³/mol. The van der Waals surface area contributed by atoms with Crippen molar-refractivity contribution < 1.29 is 9.59 Å². The molecule has 0 spiro atoms. The highest BCUT2D eigenvalue weighted by Gasteiger charge is 2.09. The number of primary amides is 1. The van der Waals surface area contributed by atoms with E-state index in [1.54, 1.807) is 32.3 Å². The molecule has 6 nitrogen and oxygen atoms in total. The van der Waals surface area contributed by atoms with Crippen molar-refractivity contribution in [1.82, 2.24) is 4.90 Å². The first-order valence-electron chi connectivity index (χ1n) is 5.05. The molecule has 92 valence electrons. The molecule has 1 aromatic carbocycles. The third kappa shape index (κ3) is 3.37. The van der Waals surface area contributed by atoms with Gasteiger partial charge in [-0.05, 0) is 18.2 Å². The van der Waals surface area contributed by atoms with E-state index in [2.05, 4.69) is 5.32 Å². The largest absolute Gasteiger partial charge is 0.397 e. The van der Waals surface area contributed by atoms with Crippen LogP contribution in [-0.4, -0.2) is 37.4 Å². The number of rotatable bonds is 4. The zero-order chi connectivity index (χ0) is 13.0. The van der Waals surface area contributed by atoms with E-state index in [1.165, 1.54) is 4.90 Å². The average Bonchev–Trinajstić information content (AvgIpc) is 2.26. The van der Waals surface area contributed by atoms with Crippen LogP contribution in [0.3, 0.4) is 0 Å². The Bertz CT molecular complexity index is 443. The molecule has 0 aliphatic heterocycles. The van der Waals surface area contributed by atoms with Crippen molar-refractivity contribution in [2.24, 2.45) is 5.73 Å². The Balaban J connectivity index is 2.86. The molecule has 5 N–H and O–H groups in total. The minimum absolute atomic E-state index is 0.00513. The summed E-state index contributed by atoms with van der Waals surface area (Å²) in [5.41, 5.74) is 12.2. The molecule has 2 amide bonds. The lowest BCUT2D eigenvalue weighted by molar-refractivity contribution is -0.116. The number of hydrogen-bond acceptors (Lipinski definition) is 4. The number of carbonyl (C=O) groups excluding carboxylic acids is 2. The van der Waals surface area contributed by atoms with Gasteiger partial charge in [0.2, 0.25) is 5.91 Å². The molecule has 0 saturated heterocycles. The first-order valence-corrected chi connectivity index (χ1v) is 5.05. The second-order valence-electron chi connectivity index (χ2n) is 3.82. The summed E-state index contributed by atoms with van der Waals surface area (Å²) in [5.74, 6) is -0.601. The standard InChI is InChI=1S/C11H16N4O2/c1-15(2)11(17)7-3-4-9(8(12)5-7)14-6-10(13)16/h3-5,14H,6,12H2,1-2H3,(H2,13,16). The van der Waals surface area contributed by atoms with Gasteiger partial charge in [-0.3, -0.25) is 9.59 Å². The van der Waals surface area contributed by atoms with Crippen LogP contribution in [0.25, 0.3) is 0 Å². The average molecular weight is 236 g/mol. The summed E-state index contributed by atoms with van der Waals surface area (Å²) in [5, 5.41) is 2.78. The van der Waals surface area contributed by atoms with Gasteiger partial charge in [0.05, 0.1) is 17.9 Å². The quantitative estimate of drug-likeness (QED) is 0.634. The van der Waals surface area contributed by atoms with Gasteiger partial charge in [0, 0.05) is 19.7 Å². The number of anilines is 2. The highest BCUT2D eigenvalue weighted by atomic mass is 16.2. The number of hydrogen-bond donors (Lipinski definition) is 3. The lowest BCUT2D eigenvalue weighted by Gasteiger charge is -2.12. The third-order valence-corrected chi connectivity index (χ3v) is 2.16. The van der Waals surface area contributed by atoms with Crippen LogP contribution in [0.2, 0.25) is 0 Å². The highest BCUT2D eigenvalue weighted by molar-refractivity contribution is 5.96. The van der Waals surface area contributed by atoms with Crippen molar-refractivity contribution in [2.75, 3.05) is 31.7 Å². The van der Waals surface area contributed by atoms with E-state index in [-0.39, 0.29) is 12.5 Å². The van der Waals surface area contributed by atoms with Crippen molar-refractivity contribution in [3.05, 3.63) is 23.8 Å². The monoisotopic (exact) mass is 236 g/mol. The Morgan fingerprint density at radius 1 is 1.35 bits per heavy atom. The van der Waals surface area contributed by atoms with Gasteiger partial charge < -0.3 is 21.7 Å². The Hall–Kier alpha value is -2.24. The number of carbonyl (C=O) groups is 2. The van der Waals surface area contributed by atoms with Gasteiger partial charge in [-0.15, -0.1) is 0 Å². The van der Waals surface area contributed by atoms with E-state index in [0.29, 0.717) is 16.9 Å². The van der Waals surface area contributed by atoms with Gasteiger partial charge in [0.15, 0.2) is 0 Å². The molecule has 0 bridgehead atoms. The van der Waals surface area contributed by atoms with E-state index < -0.39 is 5.91 Å². The van der Waals surface area contributed by atoms with Gasteiger partial charge in [-0.25, -0.2) is 0 Å². The summed E-state index contributed by atoms with van der Waals surface area (Å²) in [6.45, 7) is 0.00513. The molecule has 1 rings (SSSR count). The first-order chi connectivity index (χ1) is 7.91. The summed E-state index contributed by atoms with van der Waals surface area (Å²) in [7, 11) is 3.33. The maximum absolute atomic E-state index is 11.6. The van der Waals surface area contributed by atoms with Crippen LogP contribution in [0.15, 0.2) is 18.2 Å². The van der Waals surface area contributed by atoms with E-state index in [4.69, 9.17) is 11.5 Å². The number of nitrogens with two attached hydrogens (primary N) is 2. The smallest absolute Gasteiger partial charge is 0.253 e. The van der Waals surface area contributed by atoms with Crippen LogP contribution < -0.4 is 16.8 Å². The van der Waals surface area contributed by atoms with E-state index in [1.807, 2.05) is 0 Å². The third-order valence-electron chi connectivity index (χ3n) is 2.16. The maximum Gasteiger partial charge on any atom is 0.253 e. The molecule has 0 aliphatic rings. The molecule has 0 aliphatic carbocycles. The zero-order valence-electron chi connectivity index (χ0n) is 9.86. The second kappa shape index (κ2) is 5.20. The maximum atomic E-state index is 11.6. The Morgan fingerprint density at radius 2 is 2.00 bits per heavy atom. The predicted octanol–water partition coefficient (Wildman–Crippen LogP) is -0.132. The van der Waals surface area contributed by atoms with E-state index in [0.717, 1.165) is 0 Å². The Labute approximate surface area is 99.6 Å². The van der Waals surface area contributed by atoms with Crippen molar-refractivity contribution >= 4 is 23.2 Å². The molecule has 0 radical (unpaired) electrons. The summed E-state index contributed by atoms with van der Waals surface area (Å²) < 4.78 is 0. The van der Waals surface area contributed by atoms with Crippen molar-refractivity contribution in [1.29, 1.82) is 0 Å². The molecule has 0 unspecified atom stereocenters. The number of nitrogens with one attached hydrogen (secondary N) is 1. The van der Waals surface area contributed by atoms with Gasteiger partial charge in [-0.2, -0.15) is 0 Å². The minimum Gasteiger partial charge on any atom is -0.397 e. The zero-order valence-corrected chi connectivity index (χ0v) is 9.86. The van der Waals surface area contributed by atoms with E-state index >= 15 is 0 Å². The number of benzene rings is 1. The van der Waals surface area contributed by atoms with Crippen LogP contribution in [0, 0.1) is 0 Å². The molecular weight excluding hydrogens is 220 g/mol. The SMILES string of the molecule is CN(C)C(=O)c1ccc(NCC(N)=O)c(N)c1. The molecular formula is C11H16N4O2. The lowest BCUT2D eigenvalue weighted by Crippen LogP contribution is -2.23. The fourth-order valence-electron chi connectivity index (χ4n) is 1.30. The topological polar surface area (TPSA) is 101 Å². The van der Waals surface area contributed by atoms with Crippen LogP contribution in [0.4, 0.5) is 11.4 Å². The molecule has 0 saturated carbocycles. The minimum atomic E-state index is -0.474. The molecule has 0 heterocycles. The lowest BCUT2D eigenvalue weighted by atomic mass is 10.1. The normalized spacial score (nSPS) is 9.76. The Kier molecular flexibility index (Phi) is 3.92. The van der Waals surface area contributed by atoms with E-state index in [9.17, 15) is 9.59 Å². The summed E-state index contributed by atoms with van der Waals surface area (Å²) in [6.07, 6.45) is 0. The Morgan fingerprint density at radius 3 is 2.47 bits per heavy atom. The first kappa shape index (κ1) is 12.8. The van der Waals surface area contributed by atoms with Crippen LogP contribution in [-0.2, 0) is 4.79 Å². The van der Waals surface area contributed by atoms with Gasteiger partial charge in [0.25, 0.3) is 5.91 Å². The number of amides is 2. The van der Waals surface area contributed by atoms with Crippen molar-refractivity contribution in [3.8, 4) is 0 Å². The fourth-order valence-corrected chi connectivity index (χ4v) is 1.30. The summed E-state index contributed by atoms with van der Waals surface area (Å²) >= 11 is 0. The van der Waals surface area contributed by atoms with Gasteiger partial charge >= 0.3 is 0 Å². The molecule has 0 atom stereocenters. The fraction of sp³-hybridized carbons (Fsp3) is 0.273. The van der Waals surface area contributed by atoms with Crippen LogP contribution in [0.5, 0.6) is 0 Å². The van der Waals surface area contributed by atoms with Gasteiger partial charge in [0.1, 0.15) is 0 Å². The highest BCUT2D eigenvalue weighted by Crippen LogP contribution is 2.20. The molecule has 0 aromatic heterocycles. The molecule has 1 aromatic rings. The van der Waals surface area contributed by atoms with Crippen molar-refractivity contribution in [2.45, 2.75) is 0 Å². The second-order valence-corrected chi connectivity index (χ2v) is 3.82. The molecule has 17 heavy (non-hydrogen) atoms. The van der Waals surface area contributed by atoms with Crippen LogP contribution in [0.1, 0.15) is 10.4 Å². The molecule has 0 fully saturated rings. The molecule has 6 heteroatoms. The van der Waals surface area contributed by atoms with Crippen molar-refractivity contribution in [3.63, 3.8) is 0 Å². The summed E-state index contributed by atoms with van der Waals surface area (Å²) in [6, 6.07) is 4.85. The van der Waals surface area contributed by atoms with Gasteiger partial charge in [-0.1, -0.05) is 0 Å². The summed E-state index contributed by atoms with van der Waals surface area (Å²) in [4.78, 5) is 23.7. The number of nitrogen functional groups attached to an aromatic ring is 1. The number of nitrogens with zero attached hydrogens (tertiary/aromatic N) is 1. The van der Waals surface area contributed by atoms with Crippen LogP contribution >= 0.6 is 0 Å².